The summed E-state index contributed by atoms with van der Waals surface area (Å²) in [5, 5.41) is 9.61. The van der Waals surface area contributed by atoms with E-state index in [1.165, 1.54) is 70.6 Å². The maximum Gasteiger partial charge on any atom is 0.0540 e. The minimum atomic E-state index is 0.0196. The Morgan fingerprint density at radius 2 is 1.32 bits per heavy atom. The Kier molecular flexibility index (Phi) is 6.70. The van der Waals surface area contributed by atoms with Crippen molar-refractivity contribution in [2.24, 2.45) is 17.8 Å². The summed E-state index contributed by atoms with van der Waals surface area (Å²) in [6.45, 7) is 2.30. The zero-order chi connectivity index (χ0) is 13.5. The van der Waals surface area contributed by atoms with Crippen molar-refractivity contribution in [1.29, 1.82) is 0 Å². The van der Waals surface area contributed by atoms with Gasteiger partial charge < -0.3 is 5.11 Å². The van der Waals surface area contributed by atoms with E-state index in [4.69, 9.17) is 0 Å². The lowest BCUT2D eigenvalue weighted by Gasteiger charge is -2.37. The van der Waals surface area contributed by atoms with Crippen LogP contribution in [0.1, 0.15) is 90.4 Å². The Morgan fingerprint density at radius 3 is 1.89 bits per heavy atom. The normalized spacial score (nSPS) is 36.3. The molecule has 0 aliphatic heterocycles. The first kappa shape index (κ1) is 15.4. The molecule has 0 aromatic rings. The molecule has 0 aromatic carbocycles. The van der Waals surface area contributed by atoms with Gasteiger partial charge in [-0.05, 0) is 56.3 Å². The Bertz CT molecular complexity index is 222. The molecule has 0 unspecified atom stereocenters. The first-order valence-corrected chi connectivity index (χ1v) is 8.97. The first-order valence-electron chi connectivity index (χ1n) is 8.97. The van der Waals surface area contributed by atoms with Gasteiger partial charge in [0.1, 0.15) is 0 Å². The van der Waals surface area contributed by atoms with Crippen LogP contribution in [0, 0.1) is 17.8 Å². The summed E-state index contributed by atoms with van der Waals surface area (Å²) < 4.78 is 0. The van der Waals surface area contributed by atoms with E-state index in [-0.39, 0.29) is 6.10 Å². The van der Waals surface area contributed by atoms with Crippen molar-refractivity contribution in [1.82, 2.24) is 0 Å². The fourth-order valence-electron chi connectivity index (χ4n) is 4.38. The molecule has 0 radical (unpaired) electrons. The monoisotopic (exact) mass is 266 g/mol. The van der Waals surface area contributed by atoms with Gasteiger partial charge in [0.25, 0.3) is 0 Å². The lowest BCUT2D eigenvalue weighted by Crippen LogP contribution is -2.27. The molecule has 1 heteroatoms. The molecule has 0 bridgehead atoms. The molecule has 0 amide bonds. The molecule has 0 atom stereocenters. The molecule has 2 rings (SSSR count). The van der Waals surface area contributed by atoms with Gasteiger partial charge in [0, 0.05) is 0 Å². The number of hydrogen-bond donors (Lipinski definition) is 1. The Labute approximate surface area is 120 Å². The number of hydrogen-bond acceptors (Lipinski definition) is 1. The number of aliphatic hydroxyl groups is 1. The molecule has 2 aliphatic carbocycles. The van der Waals surface area contributed by atoms with E-state index in [2.05, 4.69) is 6.92 Å². The number of aliphatic hydroxyl groups excluding tert-OH is 1. The zero-order valence-corrected chi connectivity index (χ0v) is 12.9. The molecule has 1 N–H and O–H groups in total. The largest absolute Gasteiger partial charge is 0.393 e. The van der Waals surface area contributed by atoms with Crippen LogP contribution in [-0.2, 0) is 0 Å². The van der Waals surface area contributed by atoms with Gasteiger partial charge in [-0.3, -0.25) is 0 Å². The molecule has 112 valence electrons. The topological polar surface area (TPSA) is 20.2 Å². The van der Waals surface area contributed by atoms with Crippen molar-refractivity contribution in [2.75, 3.05) is 0 Å². The summed E-state index contributed by atoms with van der Waals surface area (Å²) >= 11 is 0. The van der Waals surface area contributed by atoms with Gasteiger partial charge in [0.15, 0.2) is 0 Å². The summed E-state index contributed by atoms with van der Waals surface area (Å²) in [6, 6.07) is 0. The van der Waals surface area contributed by atoms with E-state index in [0.29, 0.717) is 0 Å². The second-order valence-electron chi connectivity index (χ2n) is 7.20. The fraction of sp³-hybridized carbons (Fsp3) is 1.00. The zero-order valence-electron chi connectivity index (χ0n) is 12.9. The van der Waals surface area contributed by atoms with Crippen LogP contribution in [0.2, 0.25) is 0 Å². The minimum Gasteiger partial charge on any atom is -0.393 e. The number of rotatable bonds is 6. The van der Waals surface area contributed by atoms with Crippen LogP contribution in [-0.4, -0.2) is 11.2 Å². The standard InChI is InChI=1S/C18H34O/c1-2-3-4-5-6-15-7-9-16(10-8-15)17-11-13-18(19)14-12-17/h15-19H,2-14H2,1H3. The maximum atomic E-state index is 9.61. The van der Waals surface area contributed by atoms with Crippen LogP contribution < -0.4 is 0 Å². The summed E-state index contributed by atoms with van der Waals surface area (Å²) in [5.41, 5.74) is 0. The molecule has 0 spiro atoms. The minimum absolute atomic E-state index is 0.0196. The van der Waals surface area contributed by atoms with Gasteiger partial charge in [-0.2, -0.15) is 0 Å². The van der Waals surface area contributed by atoms with E-state index >= 15 is 0 Å². The highest BCUT2D eigenvalue weighted by molar-refractivity contribution is 4.81. The highest BCUT2D eigenvalue weighted by Crippen LogP contribution is 2.41. The Morgan fingerprint density at radius 1 is 0.737 bits per heavy atom. The molecule has 0 heterocycles. The van der Waals surface area contributed by atoms with Gasteiger partial charge >= 0.3 is 0 Å². The van der Waals surface area contributed by atoms with Gasteiger partial charge in [0.05, 0.1) is 6.10 Å². The van der Waals surface area contributed by atoms with Crippen molar-refractivity contribution < 1.29 is 5.11 Å². The average molecular weight is 266 g/mol. The summed E-state index contributed by atoms with van der Waals surface area (Å²) in [6.07, 6.45) is 17.9. The van der Waals surface area contributed by atoms with Crippen LogP contribution in [0.15, 0.2) is 0 Å². The molecule has 2 fully saturated rings. The third-order valence-corrected chi connectivity index (χ3v) is 5.77. The Hall–Kier alpha value is -0.0400. The molecular weight excluding hydrogens is 232 g/mol. The molecule has 1 nitrogen and oxygen atoms in total. The molecule has 2 saturated carbocycles. The van der Waals surface area contributed by atoms with E-state index in [1.807, 2.05) is 0 Å². The third kappa shape index (κ3) is 5.10. The summed E-state index contributed by atoms with van der Waals surface area (Å²) in [7, 11) is 0. The highest BCUT2D eigenvalue weighted by Gasteiger charge is 2.30. The average Bonchev–Trinajstić information content (AvgIpc) is 2.45. The highest BCUT2D eigenvalue weighted by atomic mass is 16.3. The predicted octanol–water partition coefficient (Wildman–Crippen LogP) is 5.31. The fourth-order valence-corrected chi connectivity index (χ4v) is 4.38. The summed E-state index contributed by atoms with van der Waals surface area (Å²) in [4.78, 5) is 0. The van der Waals surface area contributed by atoms with Crippen molar-refractivity contribution >= 4 is 0 Å². The molecule has 2 aliphatic rings. The van der Waals surface area contributed by atoms with Crippen LogP contribution in [0.5, 0.6) is 0 Å². The van der Waals surface area contributed by atoms with Crippen molar-refractivity contribution in [3.63, 3.8) is 0 Å². The quantitative estimate of drug-likeness (QED) is 0.646. The molecule has 0 aromatic heterocycles. The lowest BCUT2D eigenvalue weighted by molar-refractivity contribution is 0.0763. The van der Waals surface area contributed by atoms with Crippen LogP contribution >= 0.6 is 0 Å². The second-order valence-corrected chi connectivity index (χ2v) is 7.20. The van der Waals surface area contributed by atoms with Gasteiger partial charge in [-0.1, -0.05) is 51.9 Å². The van der Waals surface area contributed by atoms with Crippen LogP contribution in [0.25, 0.3) is 0 Å². The van der Waals surface area contributed by atoms with E-state index in [9.17, 15) is 5.11 Å². The van der Waals surface area contributed by atoms with E-state index in [0.717, 1.165) is 30.6 Å². The lowest BCUT2D eigenvalue weighted by atomic mass is 9.70. The van der Waals surface area contributed by atoms with Crippen LogP contribution in [0.3, 0.4) is 0 Å². The SMILES string of the molecule is CCCCCCC1CCC(C2CCC(O)CC2)CC1. The second kappa shape index (κ2) is 8.29. The number of unbranched alkanes of at least 4 members (excludes halogenated alkanes) is 3. The molecular formula is C18H34O. The van der Waals surface area contributed by atoms with E-state index < -0.39 is 0 Å². The summed E-state index contributed by atoms with van der Waals surface area (Å²) in [5.74, 6) is 2.99. The predicted molar refractivity (Wildman–Crippen MR) is 82.2 cm³/mol. The Balaban J connectivity index is 1.59. The van der Waals surface area contributed by atoms with Gasteiger partial charge in [-0.15, -0.1) is 0 Å². The first-order chi connectivity index (χ1) is 9.29. The van der Waals surface area contributed by atoms with Crippen molar-refractivity contribution in [2.45, 2.75) is 96.5 Å². The van der Waals surface area contributed by atoms with Crippen LogP contribution in [0.4, 0.5) is 0 Å². The van der Waals surface area contributed by atoms with E-state index in [1.54, 1.807) is 0 Å². The third-order valence-electron chi connectivity index (χ3n) is 5.77. The van der Waals surface area contributed by atoms with Gasteiger partial charge in [-0.25, -0.2) is 0 Å². The smallest absolute Gasteiger partial charge is 0.0540 e. The maximum absolute atomic E-state index is 9.61. The van der Waals surface area contributed by atoms with Crippen molar-refractivity contribution in [3.8, 4) is 0 Å². The molecule has 19 heavy (non-hydrogen) atoms. The van der Waals surface area contributed by atoms with Crippen molar-refractivity contribution in [3.05, 3.63) is 0 Å². The van der Waals surface area contributed by atoms with Gasteiger partial charge in [0.2, 0.25) is 0 Å². The molecule has 0 saturated heterocycles.